The van der Waals surface area contributed by atoms with Crippen molar-refractivity contribution in [1.82, 2.24) is 10.3 Å². The van der Waals surface area contributed by atoms with E-state index in [2.05, 4.69) is 10.3 Å². The van der Waals surface area contributed by atoms with Crippen LogP contribution in [-0.4, -0.2) is 24.0 Å². The number of halogens is 2. The molecule has 1 heterocycles. The molecule has 2 aromatic rings. The van der Waals surface area contributed by atoms with Crippen LogP contribution >= 0.6 is 23.7 Å². The first-order chi connectivity index (χ1) is 11.1. The highest BCUT2D eigenvalue weighted by atomic mass is 35.5. The van der Waals surface area contributed by atoms with E-state index < -0.39 is 0 Å². The first-order valence-corrected chi connectivity index (χ1v) is 8.70. The molecule has 0 unspecified atom stereocenters. The van der Waals surface area contributed by atoms with Gasteiger partial charge in [0.1, 0.15) is 11.5 Å². The molecule has 1 aliphatic rings. The zero-order chi connectivity index (χ0) is 16.3. The highest BCUT2D eigenvalue weighted by molar-refractivity contribution is 7.09. The summed E-state index contributed by atoms with van der Waals surface area (Å²) >= 11 is 1.46. The van der Waals surface area contributed by atoms with Crippen LogP contribution in [0.25, 0.3) is 0 Å². The van der Waals surface area contributed by atoms with Gasteiger partial charge in [0, 0.05) is 23.8 Å². The fourth-order valence-electron chi connectivity index (χ4n) is 2.97. The van der Waals surface area contributed by atoms with E-state index in [-0.39, 0.29) is 29.5 Å². The molecule has 1 aliphatic carbocycles. The summed E-state index contributed by atoms with van der Waals surface area (Å²) in [5.74, 6) is -0.389. The van der Waals surface area contributed by atoms with E-state index in [1.54, 1.807) is 5.38 Å². The number of hydrogen-bond donors (Lipinski definition) is 2. The van der Waals surface area contributed by atoms with E-state index in [4.69, 9.17) is 5.73 Å². The van der Waals surface area contributed by atoms with Gasteiger partial charge < -0.3 is 11.1 Å². The Morgan fingerprint density at radius 2 is 2.04 bits per heavy atom. The van der Waals surface area contributed by atoms with E-state index in [0.29, 0.717) is 25.2 Å². The molecule has 1 aromatic carbocycles. The quantitative estimate of drug-likeness (QED) is 0.822. The summed E-state index contributed by atoms with van der Waals surface area (Å²) in [6.45, 7) is 1.09. The minimum Gasteiger partial charge on any atom is -0.350 e. The minimum absolute atomic E-state index is 0. The maximum atomic E-state index is 13.1. The highest BCUT2D eigenvalue weighted by Gasteiger charge is 2.39. The number of rotatable bonds is 6. The van der Waals surface area contributed by atoms with Gasteiger partial charge >= 0.3 is 0 Å². The van der Waals surface area contributed by atoms with Crippen LogP contribution in [-0.2, 0) is 11.8 Å². The Morgan fingerprint density at radius 1 is 1.33 bits per heavy atom. The molecular weight excluding hydrogens is 349 g/mol. The predicted molar refractivity (Wildman–Crippen MR) is 96.4 cm³/mol. The molecule has 1 fully saturated rings. The van der Waals surface area contributed by atoms with Crippen molar-refractivity contribution < 1.29 is 9.18 Å². The lowest BCUT2D eigenvalue weighted by Crippen LogP contribution is -2.45. The molecule has 130 valence electrons. The lowest BCUT2D eigenvalue weighted by molar-refractivity contribution is 0.0923. The molecule has 1 amide bonds. The maximum Gasteiger partial charge on any atom is 0.270 e. The van der Waals surface area contributed by atoms with Gasteiger partial charge in [-0.15, -0.1) is 23.7 Å². The van der Waals surface area contributed by atoms with Crippen LogP contribution in [0.3, 0.4) is 0 Å². The standard InChI is InChI=1S/C17H20FN3OS.ClH/c18-13-4-2-12(3-5-13)17(7-1-8-17)11-20-16(22)14-10-23-15(21-14)6-9-19;/h2-5,10H,1,6-9,11,19H2,(H,20,22);1H. The monoisotopic (exact) mass is 369 g/mol. The lowest BCUT2D eigenvalue weighted by atomic mass is 9.64. The van der Waals surface area contributed by atoms with Crippen LogP contribution in [0, 0.1) is 5.82 Å². The number of nitrogens with zero attached hydrogens (tertiary/aromatic N) is 1. The molecule has 24 heavy (non-hydrogen) atoms. The Balaban J connectivity index is 0.00000208. The van der Waals surface area contributed by atoms with Crippen LogP contribution in [0.2, 0.25) is 0 Å². The average Bonchev–Trinajstić information content (AvgIpc) is 2.97. The van der Waals surface area contributed by atoms with Crippen molar-refractivity contribution in [3.8, 4) is 0 Å². The van der Waals surface area contributed by atoms with E-state index >= 15 is 0 Å². The van der Waals surface area contributed by atoms with Gasteiger partial charge in [0.15, 0.2) is 0 Å². The van der Waals surface area contributed by atoms with Gasteiger partial charge in [0.2, 0.25) is 0 Å². The van der Waals surface area contributed by atoms with Gasteiger partial charge in [-0.25, -0.2) is 9.37 Å². The van der Waals surface area contributed by atoms with Gasteiger partial charge in [0.05, 0.1) is 5.01 Å². The molecule has 7 heteroatoms. The second kappa shape index (κ2) is 8.05. The molecule has 0 saturated heterocycles. The van der Waals surface area contributed by atoms with Crippen molar-refractivity contribution in [1.29, 1.82) is 0 Å². The van der Waals surface area contributed by atoms with Gasteiger partial charge in [-0.1, -0.05) is 18.6 Å². The third kappa shape index (κ3) is 3.94. The summed E-state index contributed by atoms with van der Waals surface area (Å²) in [7, 11) is 0. The molecule has 0 radical (unpaired) electrons. The Kier molecular flexibility index (Phi) is 6.32. The molecule has 3 rings (SSSR count). The summed E-state index contributed by atoms with van der Waals surface area (Å²) in [4.78, 5) is 16.6. The van der Waals surface area contributed by atoms with Crippen molar-refractivity contribution in [3.63, 3.8) is 0 Å². The SMILES string of the molecule is Cl.NCCc1nc(C(=O)NCC2(c3ccc(F)cc3)CCC2)cs1. The zero-order valence-corrected chi connectivity index (χ0v) is 14.9. The summed E-state index contributed by atoms with van der Waals surface area (Å²) in [5, 5.41) is 5.64. The number of nitrogens with two attached hydrogens (primary N) is 1. The number of amides is 1. The lowest BCUT2D eigenvalue weighted by Gasteiger charge is -2.42. The van der Waals surface area contributed by atoms with Crippen LogP contribution < -0.4 is 11.1 Å². The normalized spacial score (nSPS) is 15.2. The molecule has 4 nitrogen and oxygen atoms in total. The highest BCUT2D eigenvalue weighted by Crippen LogP contribution is 2.43. The molecule has 0 bridgehead atoms. The molecule has 1 aromatic heterocycles. The Morgan fingerprint density at radius 3 is 2.62 bits per heavy atom. The first-order valence-electron chi connectivity index (χ1n) is 7.82. The van der Waals surface area contributed by atoms with E-state index in [1.807, 2.05) is 12.1 Å². The topological polar surface area (TPSA) is 68.0 Å². The van der Waals surface area contributed by atoms with Gasteiger partial charge in [0.25, 0.3) is 5.91 Å². The number of thiazole rings is 1. The molecule has 0 aliphatic heterocycles. The van der Waals surface area contributed by atoms with E-state index in [9.17, 15) is 9.18 Å². The van der Waals surface area contributed by atoms with Crippen LogP contribution in [0.15, 0.2) is 29.6 Å². The number of benzene rings is 1. The summed E-state index contributed by atoms with van der Waals surface area (Å²) in [5.41, 5.74) is 6.97. The fraction of sp³-hybridized carbons (Fsp3) is 0.412. The van der Waals surface area contributed by atoms with Crippen molar-refractivity contribution >= 4 is 29.7 Å². The fourth-order valence-corrected chi connectivity index (χ4v) is 3.76. The van der Waals surface area contributed by atoms with Crippen molar-refractivity contribution in [3.05, 3.63) is 51.7 Å². The number of carbonyl (C=O) groups is 1. The summed E-state index contributed by atoms with van der Waals surface area (Å²) in [6, 6.07) is 6.61. The average molecular weight is 370 g/mol. The molecule has 0 spiro atoms. The second-order valence-corrected chi connectivity index (χ2v) is 6.93. The number of aromatic nitrogens is 1. The van der Waals surface area contributed by atoms with Crippen LogP contribution in [0.5, 0.6) is 0 Å². The largest absolute Gasteiger partial charge is 0.350 e. The summed E-state index contributed by atoms with van der Waals surface area (Å²) in [6.07, 6.45) is 3.84. The minimum atomic E-state index is -0.234. The van der Waals surface area contributed by atoms with Crippen LogP contribution in [0.1, 0.15) is 40.3 Å². The maximum absolute atomic E-state index is 13.1. The number of nitrogens with one attached hydrogen (secondary N) is 1. The van der Waals surface area contributed by atoms with Crippen molar-refractivity contribution in [2.75, 3.05) is 13.1 Å². The summed E-state index contributed by atoms with van der Waals surface area (Å²) < 4.78 is 13.1. The first kappa shape index (κ1) is 18.8. The van der Waals surface area contributed by atoms with Gasteiger partial charge in [-0.2, -0.15) is 0 Å². The third-order valence-electron chi connectivity index (χ3n) is 4.50. The van der Waals surface area contributed by atoms with Crippen LogP contribution in [0.4, 0.5) is 4.39 Å². The molecule has 0 atom stereocenters. The zero-order valence-electron chi connectivity index (χ0n) is 13.3. The smallest absolute Gasteiger partial charge is 0.270 e. The molecule has 3 N–H and O–H groups in total. The number of hydrogen-bond acceptors (Lipinski definition) is 4. The number of carbonyl (C=O) groups excluding carboxylic acids is 1. The van der Waals surface area contributed by atoms with Gasteiger partial charge in [-0.3, -0.25) is 4.79 Å². The van der Waals surface area contributed by atoms with Crippen molar-refractivity contribution in [2.45, 2.75) is 31.1 Å². The third-order valence-corrected chi connectivity index (χ3v) is 5.41. The Bertz CT molecular complexity index is 685. The van der Waals surface area contributed by atoms with Gasteiger partial charge in [-0.05, 0) is 37.1 Å². The second-order valence-electron chi connectivity index (χ2n) is 5.99. The Labute approximate surface area is 151 Å². The molecular formula is C17H21ClFN3OS. The van der Waals surface area contributed by atoms with Crippen molar-refractivity contribution in [2.24, 2.45) is 5.73 Å². The predicted octanol–water partition coefficient (Wildman–Crippen LogP) is 3.06. The Hall–Kier alpha value is -1.50. The van der Waals surface area contributed by atoms with E-state index in [1.165, 1.54) is 23.5 Å². The van der Waals surface area contributed by atoms with E-state index in [0.717, 1.165) is 29.8 Å². The molecule has 1 saturated carbocycles.